The molecule has 3 aromatic rings. The molecule has 0 aliphatic heterocycles. The van der Waals surface area contributed by atoms with E-state index in [2.05, 4.69) is 15.1 Å². The molecule has 0 radical (unpaired) electrons. The standard InChI is InChI=1S/C14H16N6O5/c1-7(13(22)24-4)20-6-15-11-10(20)12(21)19(14(23)18(11)3)5-9-16-8(2)25-17-9/h6-7H,5H2,1-4H3. The number of hydrogen-bond donors (Lipinski definition) is 0. The second-order valence-corrected chi connectivity index (χ2v) is 5.49. The van der Waals surface area contributed by atoms with Gasteiger partial charge in [-0.15, -0.1) is 0 Å². The number of carbonyl (C=O) groups excluding carboxylic acids is 1. The molecule has 0 fully saturated rings. The van der Waals surface area contributed by atoms with E-state index in [1.165, 1.54) is 29.6 Å². The molecule has 3 heterocycles. The summed E-state index contributed by atoms with van der Waals surface area (Å²) < 4.78 is 13.1. The minimum atomic E-state index is -0.777. The molecule has 0 aliphatic rings. The van der Waals surface area contributed by atoms with Crippen molar-refractivity contribution in [3.63, 3.8) is 0 Å². The molecule has 0 aliphatic carbocycles. The third-order valence-electron chi connectivity index (χ3n) is 3.89. The number of carbonyl (C=O) groups is 1. The Bertz CT molecular complexity index is 1070. The smallest absolute Gasteiger partial charge is 0.332 e. The summed E-state index contributed by atoms with van der Waals surface area (Å²) in [6.45, 7) is 3.02. The van der Waals surface area contributed by atoms with Crippen LogP contribution < -0.4 is 11.2 Å². The molecule has 0 saturated heterocycles. The minimum absolute atomic E-state index is 0.111. The summed E-state index contributed by atoms with van der Waals surface area (Å²) in [5.74, 6) is -0.0127. The van der Waals surface area contributed by atoms with E-state index >= 15 is 0 Å². The minimum Gasteiger partial charge on any atom is -0.467 e. The normalized spacial score (nSPS) is 12.5. The maximum absolute atomic E-state index is 12.9. The number of methoxy groups -OCH3 is 1. The van der Waals surface area contributed by atoms with E-state index in [4.69, 9.17) is 9.26 Å². The van der Waals surface area contributed by atoms with Gasteiger partial charge in [-0.2, -0.15) is 4.98 Å². The highest BCUT2D eigenvalue weighted by Gasteiger charge is 2.23. The molecule has 0 bridgehead atoms. The molecule has 0 amide bonds. The fourth-order valence-corrected chi connectivity index (χ4v) is 2.55. The van der Waals surface area contributed by atoms with E-state index in [0.717, 1.165) is 4.57 Å². The van der Waals surface area contributed by atoms with Gasteiger partial charge >= 0.3 is 11.7 Å². The summed E-state index contributed by atoms with van der Waals surface area (Å²) in [6, 6.07) is -0.777. The van der Waals surface area contributed by atoms with Crippen LogP contribution in [0.3, 0.4) is 0 Å². The molecular weight excluding hydrogens is 332 g/mol. The van der Waals surface area contributed by atoms with Gasteiger partial charge < -0.3 is 13.8 Å². The van der Waals surface area contributed by atoms with Gasteiger partial charge in [0.05, 0.1) is 20.0 Å². The van der Waals surface area contributed by atoms with Crippen molar-refractivity contribution in [2.75, 3.05) is 7.11 Å². The van der Waals surface area contributed by atoms with E-state index in [-0.39, 0.29) is 23.5 Å². The number of aromatic nitrogens is 6. The van der Waals surface area contributed by atoms with Gasteiger partial charge in [0.1, 0.15) is 6.04 Å². The van der Waals surface area contributed by atoms with Crippen molar-refractivity contribution >= 4 is 17.1 Å². The number of hydrogen-bond acceptors (Lipinski definition) is 8. The molecule has 1 unspecified atom stereocenters. The number of rotatable bonds is 4. The predicted octanol–water partition coefficient (Wildman–Crippen LogP) is -0.630. The average Bonchev–Trinajstić information content (AvgIpc) is 3.21. The Kier molecular flexibility index (Phi) is 3.99. The maximum atomic E-state index is 12.9. The number of fused-ring (bicyclic) bond motifs is 1. The van der Waals surface area contributed by atoms with Gasteiger partial charge in [0.2, 0.25) is 5.89 Å². The van der Waals surface area contributed by atoms with E-state index in [1.807, 2.05) is 0 Å². The van der Waals surface area contributed by atoms with Gasteiger partial charge in [-0.3, -0.25) is 13.9 Å². The monoisotopic (exact) mass is 348 g/mol. The highest BCUT2D eigenvalue weighted by molar-refractivity contribution is 5.78. The molecule has 3 rings (SSSR count). The molecule has 0 N–H and O–H groups in total. The van der Waals surface area contributed by atoms with Crippen molar-refractivity contribution in [3.8, 4) is 0 Å². The molecule has 3 aromatic heterocycles. The van der Waals surface area contributed by atoms with Crippen LogP contribution in [0.4, 0.5) is 0 Å². The first-order chi connectivity index (χ1) is 11.8. The number of ether oxygens (including phenoxy) is 1. The SMILES string of the molecule is COC(=O)C(C)n1cnc2c1c(=O)n(Cc1noc(C)n1)c(=O)n2C. The highest BCUT2D eigenvalue weighted by Crippen LogP contribution is 2.14. The molecule has 1 atom stereocenters. The Labute approximate surface area is 140 Å². The Morgan fingerprint density at radius 3 is 2.72 bits per heavy atom. The summed E-state index contributed by atoms with van der Waals surface area (Å²) in [5.41, 5.74) is -0.892. The van der Waals surface area contributed by atoms with E-state index < -0.39 is 23.3 Å². The second-order valence-electron chi connectivity index (χ2n) is 5.49. The Morgan fingerprint density at radius 2 is 2.12 bits per heavy atom. The first-order valence-electron chi connectivity index (χ1n) is 7.38. The quantitative estimate of drug-likeness (QED) is 0.570. The highest BCUT2D eigenvalue weighted by atomic mass is 16.5. The summed E-state index contributed by atoms with van der Waals surface area (Å²) in [6.07, 6.45) is 1.33. The lowest BCUT2D eigenvalue weighted by Gasteiger charge is -2.12. The first-order valence-corrected chi connectivity index (χ1v) is 7.38. The van der Waals surface area contributed by atoms with Crippen molar-refractivity contribution < 1.29 is 14.1 Å². The van der Waals surface area contributed by atoms with Crippen LogP contribution in [0.1, 0.15) is 24.7 Å². The van der Waals surface area contributed by atoms with Crippen molar-refractivity contribution in [1.29, 1.82) is 0 Å². The molecule has 11 heteroatoms. The predicted molar refractivity (Wildman–Crippen MR) is 84.1 cm³/mol. The second kappa shape index (κ2) is 6.00. The van der Waals surface area contributed by atoms with E-state index in [1.54, 1.807) is 13.8 Å². The van der Waals surface area contributed by atoms with Crippen LogP contribution in [0.2, 0.25) is 0 Å². The lowest BCUT2D eigenvalue weighted by molar-refractivity contribution is -0.143. The fourth-order valence-electron chi connectivity index (χ4n) is 2.55. The summed E-state index contributed by atoms with van der Waals surface area (Å²) in [5, 5.41) is 3.70. The third-order valence-corrected chi connectivity index (χ3v) is 3.89. The van der Waals surface area contributed by atoms with Gasteiger partial charge in [0.25, 0.3) is 5.56 Å². The number of imidazole rings is 1. The average molecular weight is 348 g/mol. The van der Waals surface area contributed by atoms with Crippen LogP contribution in [0, 0.1) is 6.92 Å². The lowest BCUT2D eigenvalue weighted by atomic mass is 10.3. The fraction of sp³-hybridized carbons (Fsp3) is 0.429. The molecule has 25 heavy (non-hydrogen) atoms. The van der Waals surface area contributed by atoms with Crippen LogP contribution in [0.25, 0.3) is 11.2 Å². The zero-order valence-electron chi connectivity index (χ0n) is 14.1. The Morgan fingerprint density at radius 1 is 1.40 bits per heavy atom. The summed E-state index contributed by atoms with van der Waals surface area (Å²) in [4.78, 5) is 45.2. The van der Waals surface area contributed by atoms with E-state index in [9.17, 15) is 14.4 Å². The molecule has 0 aromatic carbocycles. The van der Waals surface area contributed by atoms with Gasteiger partial charge in [0.15, 0.2) is 17.0 Å². The molecule has 0 spiro atoms. The summed E-state index contributed by atoms with van der Waals surface area (Å²) in [7, 11) is 2.74. The maximum Gasteiger partial charge on any atom is 0.332 e. The summed E-state index contributed by atoms with van der Waals surface area (Å²) >= 11 is 0. The van der Waals surface area contributed by atoms with Crippen LogP contribution in [-0.2, 0) is 23.1 Å². The topological polar surface area (TPSA) is 127 Å². The lowest BCUT2D eigenvalue weighted by Crippen LogP contribution is -2.40. The number of nitrogens with zero attached hydrogens (tertiary/aromatic N) is 6. The Balaban J connectivity index is 2.23. The van der Waals surface area contributed by atoms with Crippen molar-refractivity contribution in [1.82, 2.24) is 28.8 Å². The van der Waals surface area contributed by atoms with Crippen molar-refractivity contribution in [2.45, 2.75) is 26.4 Å². The molecular formula is C14H16N6O5. The van der Waals surface area contributed by atoms with Crippen LogP contribution in [-0.4, -0.2) is 41.9 Å². The third kappa shape index (κ3) is 2.62. The van der Waals surface area contributed by atoms with Gasteiger partial charge in [-0.05, 0) is 6.92 Å². The largest absolute Gasteiger partial charge is 0.467 e. The van der Waals surface area contributed by atoms with Crippen LogP contribution in [0.15, 0.2) is 20.4 Å². The first kappa shape index (κ1) is 16.6. The zero-order chi connectivity index (χ0) is 18.3. The van der Waals surface area contributed by atoms with Gasteiger partial charge in [-0.25, -0.2) is 14.6 Å². The molecule has 132 valence electrons. The van der Waals surface area contributed by atoms with Gasteiger partial charge in [-0.1, -0.05) is 5.16 Å². The number of aryl methyl sites for hydroxylation is 2. The van der Waals surface area contributed by atoms with Crippen LogP contribution in [0.5, 0.6) is 0 Å². The van der Waals surface area contributed by atoms with Gasteiger partial charge in [0, 0.05) is 14.0 Å². The van der Waals surface area contributed by atoms with E-state index in [0.29, 0.717) is 5.89 Å². The molecule has 0 saturated carbocycles. The zero-order valence-corrected chi connectivity index (χ0v) is 14.1. The number of esters is 1. The van der Waals surface area contributed by atoms with Crippen molar-refractivity contribution in [2.24, 2.45) is 7.05 Å². The Hall–Kier alpha value is -3.24. The van der Waals surface area contributed by atoms with Crippen LogP contribution >= 0.6 is 0 Å². The van der Waals surface area contributed by atoms with Crippen molar-refractivity contribution in [3.05, 3.63) is 38.9 Å². The molecule has 11 nitrogen and oxygen atoms in total.